The number of ether oxygens (including phenoxy) is 1. The smallest absolute Gasteiger partial charge is 0.207 e. The van der Waals surface area contributed by atoms with E-state index in [-0.39, 0.29) is 0 Å². The van der Waals surface area contributed by atoms with E-state index in [4.69, 9.17) is 33.7 Å². The Labute approximate surface area is 130 Å². The molecule has 0 spiro atoms. The molecule has 0 unspecified atom stereocenters. The molecule has 8 heteroatoms. The third-order valence-corrected chi connectivity index (χ3v) is 3.76. The number of hydrogen-bond acceptors (Lipinski definition) is 5. The predicted octanol–water partition coefficient (Wildman–Crippen LogP) is 3.13. The quantitative estimate of drug-likeness (QED) is 0.772. The van der Waals surface area contributed by atoms with E-state index >= 15 is 0 Å². The monoisotopic (exact) mass is 323 g/mol. The molecule has 3 N–H and O–H groups in total. The third-order valence-electron chi connectivity index (χ3n) is 3.04. The fourth-order valence-electron chi connectivity index (χ4n) is 1.93. The molecule has 0 radical (unpaired) electrons. The average molecular weight is 324 g/mol. The zero-order valence-corrected chi connectivity index (χ0v) is 12.5. The van der Waals surface area contributed by atoms with E-state index in [1.807, 2.05) is 6.92 Å². The van der Waals surface area contributed by atoms with Crippen LogP contribution in [0, 0.1) is 6.92 Å². The normalized spacial score (nSPS) is 11.0. The molecule has 0 fully saturated rings. The first kappa shape index (κ1) is 13.9. The van der Waals surface area contributed by atoms with Crippen molar-refractivity contribution in [3.63, 3.8) is 0 Å². The van der Waals surface area contributed by atoms with E-state index in [1.54, 1.807) is 18.2 Å². The maximum absolute atomic E-state index is 6.03. The average Bonchev–Trinajstić information content (AvgIpc) is 2.89. The molecule has 2 heterocycles. The first-order chi connectivity index (χ1) is 10.0. The van der Waals surface area contributed by atoms with Crippen molar-refractivity contribution in [3.8, 4) is 5.75 Å². The Hall–Kier alpha value is -2.05. The number of rotatable bonds is 3. The lowest BCUT2D eigenvalue weighted by Crippen LogP contribution is -2.00. The van der Waals surface area contributed by atoms with Crippen LogP contribution in [0.25, 0.3) is 11.2 Å². The van der Waals surface area contributed by atoms with Gasteiger partial charge in [-0.3, -0.25) is 0 Å². The summed E-state index contributed by atoms with van der Waals surface area (Å²) in [6.07, 6.45) is 0. The van der Waals surface area contributed by atoms with Crippen molar-refractivity contribution in [1.29, 1.82) is 0 Å². The molecule has 0 saturated carbocycles. The summed E-state index contributed by atoms with van der Waals surface area (Å²) in [4.78, 5) is 4.05. The number of fused-ring (bicyclic) bond motifs is 1. The lowest BCUT2D eigenvalue weighted by atomic mass is 10.1. The number of hydrogen-bond donors (Lipinski definition) is 2. The van der Waals surface area contributed by atoms with Crippen molar-refractivity contribution in [3.05, 3.63) is 39.4 Å². The summed E-state index contributed by atoms with van der Waals surface area (Å²) in [5.74, 6) is 0.828. The number of nitrogen functional groups attached to an aromatic ring is 1. The van der Waals surface area contributed by atoms with Gasteiger partial charge in [-0.25, -0.2) is 4.98 Å². The Morgan fingerprint density at radius 2 is 1.95 bits per heavy atom. The Morgan fingerprint density at radius 1 is 1.19 bits per heavy atom. The molecule has 0 aliphatic rings. The van der Waals surface area contributed by atoms with Crippen molar-refractivity contribution in [1.82, 2.24) is 20.4 Å². The maximum atomic E-state index is 6.03. The molecular weight excluding hydrogens is 313 g/mol. The number of anilines is 1. The van der Waals surface area contributed by atoms with Gasteiger partial charge in [-0.05, 0) is 30.2 Å². The third kappa shape index (κ3) is 2.72. The minimum Gasteiger partial charge on any atom is -0.486 e. The minimum absolute atomic E-state index is 0.314. The van der Waals surface area contributed by atoms with Crippen LogP contribution < -0.4 is 10.5 Å². The number of nitrogens with one attached hydrogen (secondary N) is 1. The molecule has 3 aromatic rings. The fourth-order valence-corrected chi connectivity index (χ4v) is 2.34. The van der Waals surface area contributed by atoms with Gasteiger partial charge in [-0.15, -0.1) is 5.10 Å². The Kier molecular flexibility index (Phi) is 3.57. The number of halogens is 2. The first-order valence-electron chi connectivity index (χ1n) is 6.09. The van der Waals surface area contributed by atoms with Gasteiger partial charge >= 0.3 is 0 Å². The van der Waals surface area contributed by atoms with Crippen LogP contribution in [-0.4, -0.2) is 20.4 Å². The SMILES string of the molecule is Cc1cc(Cl)c(Cl)cc1COc1cc(N)nc2n[nH]nc12. The lowest BCUT2D eigenvalue weighted by Gasteiger charge is -2.10. The summed E-state index contributed by atoms with van der Waals surface area (Å²) in [6, 6.07) is 5.19. The van der Waals surface area contributed by atoms with Crippen LogP contribution in [0.1, 0.15) is 11.1 Å². The van der Waals surface area contributed by atoms with Gasteiger partial charge in [0.05, 0.1) is 10.0 Å². The number of pyridine rings is 1. The molecule has 2 aromatic heterocycles. The van der Waals surface area contributed by atoms with Crippen LogP contribution >= 0.6 is 23.2 Å². The summed E-state index contributed by atoms with van der Waals surface area (Å²) in [6.45, 7) is 2.25. The van der Waals surface area contributed by atoms with Gasteiger partial charge in [0, 0.05) is 6.07 Å². The van der Waals surface area contributed by atoms with Gasteiger partial charge in [0.15, 0.2) is 11.3 Å². The Balaban J connectivity index is 1.90. The largest absolute Gasteiger partial charge is 0.486 e. The van der Waals surface area contributed by atoms with E-state index in [0.29, 0.717) is 39.4 Å². The van der Waals surface area contributed by atoms with E-state index in [2.05, 4.69) is 20.4 Å². The fraction of sp³-hybridized carbons (Fsp3) is 0.154. The molecule has 0 saturated heterocycles. The number of nitrogens with zero attached hydrogens (tertiary/aromatic N) is 3. The van der Waals surface area contributed by atoms with Gasteiger partial charge in [-0.2, -0.15) is 10.3 Å². The topological polar surface area (TPSA) is 89.7 Å². The van der Waals surface area contributed by atoms with Gasteiger partial charge in [0.2, 0.25) is 5.65 Å². The molecule has 0 aliphatic carbocycles. The number of aryl methyl sites for hydroxylation is 1. The molecule has 21 heavy (non-hydrogen) atoms. The van der Waals surface area contributed by atoms with E-state index in [9.17, 15) is 0 Å². The second-order valence-electron chi connectivity index (χ2n) is 4.52. The molecule has 3 rings (SSSR count). The van der Waals surface area contributed by atoms with Crippen molar-refractivity contribution < 1.29 is 4.74 Å². The summed E-state index contributed by atoms with van der Waals surface area (Å²) in [5, 5.41) is 11.4. The number of aromatic nitrogens is 4. The number of H-pyrrole nitrogens is 1. The minimum atomic E-state index is 0.314. The second kappa shape index (κ2) is 5.38. The van der Waals surface area contributed by atoms with Crippen molar-refractivity contribution in [2.24, 2.45) is 0 Å². The molecule has 0 aliphatic heterocycles. The zero-order valence-electron chi connectivity index (χ0n) is 11.0. The summed E-state index contributed by atoms with van der Waals surface area (Å²) < 4.78 is 5.78. The number of benzene rings is 1. The highest BCUT2D eigenvalue weighted by atomic mass is 35.5. The molecular formula is C13H11Cl2N5O. The highest BCUT2D eigenvalue weighted by molar-refractivity contribution is 6.42. The highest BCUT2D eigenvalue weighted by Gasteiger charge is 2.11. The van der Waals surface area contributed by atoms with Crippen LogP contribution in [0.2, 0.25) is 10.0 Å². The lowest BCUT2D eigenvalue weighted by molar-refractivity contribution is 0.308. The number of aromatic amines is 1. The Bertz CT molecular complexity index is 818. The van der Waals surface area contributed by atoms with Crippen LogP contribution in [-0.2, 0) is 6.61 Å². The van der Waals surface area contributed by atoms with E-state index in [1.165, 1.54) is 0 Å². The van der Waals surface area contributed by atoms with E-state index < -0.39 is 0 Å². The second-order valence-corrected chi connectivity index (χ2v) is 5.34. The van der Waals surface area contributed by atoms with Crippen molar-refractivity contribution >= 4 is 40.2 Å². The first-order valence-corrected chi connectivity index (χ1v) is 6.84. The summed E-state index contributed by atoms with van der Waals surface area (Å²) >= 11 is 12.0. The van der Waals surface area contributed by atoms with Crippen LogP contribution in [0.3, 0.4) is 0 Å². The number of nitrogens with two attached hydrogens (primary N) is 1. The molecule has 6 nitrogen and oxygen atoms in total. The summed E-state index contributed by atoms with van der Waals surface area (Å²) in [5.41, 5.74) is 8.57. The molecule has 108 valence electrons. The standard InChI is InChI=1S/C13H11Cl2N5O/c1-6-2-8(14)9(15)3-7(6)5-21-10-4-11(16)17-13-12(10)18-20-19-13/h2-4H,5H2,1H3,(H3,16,17,18,19,20). The van der Waals surface area contributed by atoms with Crippen molar-refractivity contribution in [2.45, 2.75) is 13.5 Å². The highest BCUT2D eigenvalue weighted by Crippen LogP contribution is 2.28. The van der Waals surface area contributed by atoms with Crippen molar-refractivity contribution in [2.75, 3.05) is 5.73 Å². The predicted molar refractivity (Wildman–Crippen MR) is 81.6 cm³/mol. The van der Waals surface area contributed by atoms with Gasteiger partial charge in [0.25, 0.3) is 0 Å². The van der Waals surface area contributed by atoms with Crippen LogP contribution in [0.5, 0.6) is 5.75 Å². The van der Waals surface area contributed by atoms with Gasteiger partial charge in [0.1, 0.15) is 12.4 Å². The molecule has 1 aromatic carbocycles. The van der Waals surface area contributed by atoms with E-state index in [0.717, 1.165) is 11.1 Å². The zero-order chi connectivity index (χ0) is 15.0. The molecule has 0 bridgehead atoms. The van der Waals surface area contributed by atoms with Gasteiger partial charge in [-0.1, -0.05) is 23.2 Å². The van der Waals surface area contributed by atoms with Gasteiger partial charge < -0.3 is 10.5 Å². The van der Waals surface area contributed by atoms with Crippen LogP contribution in [0.15, 0.2) is 18.2 Å². The summed E-state index contributed by atoms with van der Waals surface area (Å²) in [7, 11) is 0. The molecule has 0 amide bonds. The Morgan fingerprint density at radius 3 is 2.76 bits per heavy atom. The van der Waals surface area contributed by atoms with Crippen LogP contribution in [0.4, 0.5) is 5.82 Å². The maximum Gasteiger partial charge on any atom is 0.207 e. The molecule has 0 atom stereocenters.